The van der Waals surface area contributed by atoms with Crippen LogP contribution >= 0.6 is 0 Å². The zero-order chi connectivity index (χ0) is 15.4. The summed E-state index contributed by atoms with van der Waals surface area (Å²) in [6, 6.07) is -0.416. The molecule has 1 aliphatic rings. The maximum atomic E-state index is 12.5. The lowest BCUT2D eigenvalue weighted by Gasteiger charge is -2.30. The van der Waals surface area contributed by atoms with E-state index in [0.29, 0.717) is 5.56 Å². The van der Waals surface area contributed by atoms with Crippen LogP contribution in [0.5, 0.6) is 0 Å². The zero-order valence-corrected chi connectivity index (χ0v) is 12.3. The number of hydrogen-bond acceptors (Lipinski definition) is 5. The Morgan fingerprint density at radius 1 is 1.38 bits per heavy atom. The van der Waals surface area contributed by atoms with Crippen molar-refractivity contribution in [1.82, 2.24) is 9.13 Å². The molecule has 0 radical (unpaired) electrons. The number of nitrogens with two attached hydrogens (primary N) is 1. The first kappa shape index (κ1) is 15.9. The molecule has 1 aliphatic carbocycles. The summed E-state index contributed by atoms with van der Waals surface area (Å²) in [4.78, 5) is 24.8. The predicted molar refractivity (Wildman–Crippen MR) is 78.2 cm³/mol. The van der Waals surface area contributed by atoms with Crippen LogP contribution in [0.15, 0.2) is 15.8 Å². The minimum absolute atomic E-state index is 0.0163. The lowest BCUT2D eigenvalue weighted by Crippen LogP contribution is -2.49. The van der Waals surface area contributed by atoms with E-state index in [1.807, 2.05) is 0 Å². The summed E-state index contributed by atoms with van der Waals surface area (Å²) >= 11 is 0. The molecule has 1 fully saturated rings. The number of aryl methyl sites for hydroxylation is 1. The largest absolute Gasteiger partial charge is 0.394 e. The number of ether oxygens (including phenoxy) is 1. The van der Waals surface area contributed by atoms with E-state index in [1.165, 1.54) is 15.3 Å². The molecule has 0 saturated heterocycles. The van der Waals surface area contributed by atoms with Gasteiger partial charge in [-0.15, -0.1) is 0 Å². The van der Waals surface area contributed by atoms with E-state index in [0.717, 1.165) is 25.7 Å². The molecule has 0 aromatic carbocycles. The van der Waals surface area contributed by atoms with E-state index >= 15 is 0 Å². The molecular formula is C14H23N3O4. The highest BCUT2D eigenvalue weighted by atomic mass is 16.5. The van der Waals surface area contributed by atoms with Gasteiger partial charge in [0, 0.05) is 17.8 Å². The summed E-state index contributed by atoms with van der Waals surface area (Å²) in [5.74, 6) is 0. The summed E-state index contributed by atoms with van der Waals surface area (Å²) < 4.78 is 7.81. The van der Waals surface area contributed by atoms with Crippen LogP contribution in [0.25, 0.3) is 0 Å². The van der Waals surface area contributed by atoms with Gasteiger partial charge in [0.25, 0.3) is 5.56 Å². The Bertz CT molecular complexity index is 593. The molecule has 0 aliphatic heterocycles. The average molecular weight is 297 g/mol. The van der Waals surface area contributed by atoms with Gasteiger partial charge in [-0.2, -0.15) is 0 Å². The second-order valence-corrected chi connectivity index (χ2v) is 5.52. The fourth-order valence-corrected chi connectivity index (χ4v) is 2.83. The van der Waals surface area contributed by atoms with E-state index in [2.05, 4.69) is 0 Å². The molecule has 0 bridgehead atoms. The topological polar surface area (TPSA) is 99.5 Å². The molecule has 0 spiro atoms. The monoisotopic (exact) mass is 297 g/mol. The van der Waals surface area contributed by atoms with Crippen molar-refractivity contribution in [2.24, 2.45) is 5.73 Å². The Kier molecular flexibility index (Phi) is 5.33. The second kappa shape index (κ2) is 7.02. The number of hydrogen-bond donors (Lipinski definition) is 2. The molecule has 1 aromatic heterocycles. The molecule has 21 heavy (non-hydrogen) atoms. The molecule has 3 N–H and O–H groups in total. The summed E-state index contributed by atoms with van der Waals surface area (Å²) in [7, 11) is 0. The fourth-order valence-electron chi connectivity index (χ4n) is 2.83. The molecule has 7 heteroatoms. The number of aromatic nitrogens is 2. The van der Waals surface area contributed by atoms with Gasteiger partial charge in [0.1, 0.15) is 6.73 Å². The summed E-state index contributed by atoms with van der Waals surface area (Å²) in [5.41, 5.74) is 5.91. The van der Waals surface area contributed by atoms with Gasteiger partial charge in [-0.25, -0.2) is 4.79 Å². The molecule has 0 amide bonds. The Labute approximate surface area is 123 Å². The lowest BCUT2D eigenvalue weighted by atomic mass is 9.91. The minimum atomic E-state index is -0.397. The Balaban J connectivity index is 2.39. The summed E-state index contributed by atoms with van der Waals surface area (Å²) in [6.45, 7) is 1.73. The molecule has 2 unspecified atom stereocenters. The van der Waals surface area contributed by atoms with Crippen molar-refractivity contribution >= 4 is 0 Å². The van der Waals surface area contributed by atoms with E-state index in [-0.39, 0.29) is 37.6 Å². The number of aliphatic hydroxyl groups is 1. The van der Waals surface area contributed by atoms with Crippen molar-refractivity contribution in [3.05, 3.63) is 32.6 Å². The molecule has 1 aromatic rings. The van der Waals surface area contributed by atoms with Crippen LogP contribution in [-0.4, -0.2) is 33.5 Å². The highest BCUT2D eigenvalue weighted by Gasteiger charge is 2.27. The van der Waals surface area contributed by atoms with Crippen molar-refractivity contribution in [2.45, 2.75) is 51.4 Å². The van der Waals surface area contributed by atoms with E-state index in [9.17, 15) is 9.59 Å². The molecule has 2 atom stereocenters. The molecule has 7 nitrogen and oxygen atoms in total. The van der Waals surface area contributed by atoms with Crippen LogP contribution in [-0.2, 0) is 11.5 Å². The third-order valence-corrected chi connectivity index (χ3v) is 3.94. The van der Waals surface area contributed by atoms with Crippen molar-refractivity contribution in [3.8, 4) is 0 Å². The molecule has 118 valence electrons. The fraction of sp³-hybridized carbons (Fsp3) is 0.714. The Morgan fingerprint density at radius 3 is 2.76 bits per heavy atom. The van der Waals surface area contributed by atoms with Crippen molar-refractivity contribution in [1.29, 1.82) is 0 Å². The van der Waals surface area contributed by atoms with E-state index in [4.69, 9.17) is 15.6 Å². The predicted octanol–water partition coefficient (Wildman–Crippen LogP) is -0.273. The van der Waals surface area contributed by atoms with Crippen LogP contribution in [0.4, 0.5) is 0 Å². The Hall–Kier alpha value is -1.44. The molecule has 1 heterocycles. The first-order valence-corrected chi connectivity index (χ1v) is 7.33. The Morgan fingerprint density at radius 2 is 2.10 bits per heavy atom. The SMILES string of the molecule is Cc1cn(COCCO)c(=O)n(C2CCCCC2N)c1=O. The van der Waals surface area contributed by atoms with Gasteiger partial charge in [-0.3, -0.25) is 13.9 Å². The van der Waals surface area contributed by atoms with Crippen molar-refractivity contribution in [2.75, 3.05) is 13.2 Å². The third kappa shape index (κ3) is 3.42. The van der Waals surface area contributed by atoms with E-state index in [1.54, 1.807) is 6.92 Å². The van der Waals surface area contributed by atoms with Gasteiger partial charge in [-0.1, -0.05) is 12.8 Å². The average Bonchev–Trinajstić information content (AvgIpc) is 2.47. The van der Waals surface area contributed by atoms with Gasteiger partial charge < -0.3 is 15.6 Å². The first-order valence-electron chi connectivity index (χ1n) is 7.33. The number of nitrogens with zero attached hydrogens (tertiary/aromatic N) is 2. The smallest absolute Gasteiger partial charge is 0.333 e. The van der Waals surface area contributed by atoms with Gasteiger partial charge in [-0.05, 0) is 19.8 Å². The minimum Gasteiger partial charge on any atom is -0.394 e. The third-order valence-electron chi connectivity index (χ3n) is 3.94. The highest BCUT2D eigenvalue weighted by Crippen LogP contribution is 2.25. The van der Waals surface area contributed by atoms with Crippen LogP contribution in [0, 0.1) is 6.92 Å². The maximum absolute atomic E-state index is 12.5. The first-order chi connectivity index (χ1) is 10.1. The van der Waals surface area contributed by atoms with Crippen LogP contribution in [0.2, 0.25) is 0 Å². The molecule has 2 rings (SSSR count). The molecular weight excluding hydrogens is 274 g/mol. The lowest BCUT2D eigenvalue weighted by molar-refractivity contribution is 0.0441. The highest BCUT2D eigenvalue weighted by molar-refractivity contribution is 5.04. The van der Waals surface area contributed by atoms with Crippen LogP contribution in [0.3, 0.4) is 0 Å². The van der Waals surface area contributed by atoms with Gasteiger partial charge in [0.2, 0.25) is 0 Å². The van der Waals surface area contributed by atoms with E-state index < -0.39 is 5.69 Å². The normalized spacial score (nSPS) is 22.4. The molecule has 1 saturated carbocycles. The maximum Gasteiger partial charge on any atom is 0.333 e. The van der Waals surface area contributed by atoms with Gasteiger partial charge in [0.15, 0.2) is 0 Å². The van der Waals surface area contributed by atoms with Gasteiger partial charge >= 0.3 is 5.69 Å². The van der Waals surface area contributed by atoms with Crippen molar-refractivity contribution in [3.63, 3.8) is 0 Å². The number of rotatable bonds is 5. The van der Waals surface area contributed by atoms with Crippen LogP contribution < -0.4 is 17.0 Å². The van der Waals surface area contributed by atoms with Crippen molar-refractivity contribution < 1.29 is 9.84 Å². The number of aliphatic hydroxyl groups excluding tert-OH is 1. The summed E-state index contributed by atoms with van der Waals surface area (Å²) in [5, 5.41) is 8.72. The van der Waals surface area contributed by atoms with Gasteiger partial charge in [0.05, 0.1) is 19.3 Å². The zero-order valence-electron chi connectivity index (χ0n) is 12.3. The standard InChI is InChI=1S/C14H23N3O4/c1-10-8-16(9-21-7-6-18)14(20)17(13(10)19)12-5-3-2-4-11(12)15/h8,11-12,18H,2-7,9,15H2,1H3. The second-order valence-electron chi connectivity index (χ2n) is 5.52. The quantitative estimate of drug-likeness (QED) is 0.729. The van der Waals surface area contributed by atoms with Crippen LogP contribution in [0.1, 0.15) is 37.3 Å². The summed E-state index contributed by atoms with van der Waals surface area (Å²) in [6.07, 6.45) is 5.07.